The van der Waals surface area contributed by atoms with E-state index in [-0.39, 0.29) is 11.6 Å². The first kappa shape index (κ1) is 14.0. The first-order chi connectivity index (χ1) is 9.05. The number of nitrogens with two attached hydrogens (primary N) is 1. The number of nitrogen functional groups attached to an aromatic ring is 1. The lowest BCUT2D eigenvalue weighted by Crippen LogP contribution is -2.41. The van der Waals surface area contributed by atoms with Crippen LogP contribution in [0.15, 0.2) is 18.2 Å². The molecule has 2 rings (SSSR count). The van der Waals surface area contributed by atoms with Crippen LogP contribution < -0.4 is 15.8 Å². The predicted octanol–water partition coefficient (Wildman–Crippen LogP) is 3.04. The molecule has 2 atom stereocenters. The first-order valence-corrected chi connectivity index (χ1v) is 6.97. The Labute approximate surface area is 115 Å². The SMILES string of the molecule is CCCOc1cc(NC2(C)CCOC2C)ccc1N. The Morgan fingerprint density at radius 2 is 2.32 bits per heavy atom. The van der Waals surface area contributed by atoms with Crippen LogP contribution in [0.2, 0.25) is 0 Å². The molecular weight excluding hydrogens is 240 g/mol. The summed E-state index contributed by atoms with van der Waals surface area (Å²) in [5, 5.41) is 3.55. The zero-order valence-corrected chi connectivity index (χ0v) is 12.0. The van der Waals surface area contributed by atoms with E-state index in [0.29, 0.717) is 12.3 Å². The highest BCUT2D eigenvalue weighted by atomic mass is 16.5. The zero-order valence-electron chi connectivity index (χ0n) is 12.0. The number of nitrogens with one attached hydrogen (secondary N) is 1. The molecule has 1 aromatic rings. The van der Waals surface area contributed by atoms with E-state index in [1.165, 1.54) is 0 Å². The van der Waals surface area contributed by atoms with Crippen molar-refractivity contribution < 1.29 is 9.47 Å². The molecule has 0 aromatic heterocycles. The van der Waals surface area contributed by atoms with Crippen molar-refractivity contribution in [3.63, 3.8) is 0 Å². The number of anilines is 2. The van der Waals surface area contributed by atoms with Gasteiger partial charge in [-0.3, -0.25) is 0 Å². The minimum atomic E-state index is -0.0296. The molecule has 1 heterocycles. The van der Waals surface area contributed by atoms with Crippen LogP contribution >= 0.6 is 0 Å². The summed E-state index contributed by atoms with van der Waals surface area (Å²) in [6, 6.07) is 5.85. The molecule has 4 nitrogen and oxygen atoms in total. The number of rotatable bonds is 5. The minimum Gasteiger partial charge on any atom is -0.491 e. The molecule has 106 valence electrons. The van der Waals surface area contributed by atoms with Gasteiger partial charge in [0, 0.05) is 18.4 Å². The number of benzene rings is 1. The topological polar surface area (TPSA) is 56.5 Å². The summed E-state index contributed by atoms with van der Waals surface area (Å²) in [5.74, 6) is 0.752. The molecule has 2 unspecified atom stereocenters. The molecule has 0 saturated carbocycles. The molecule has 0 bridgehead atoms. The van der Waals surface area contributed by atoms with Gasteiger partial charge in [0.05, 0.1) is 23.9 Å². The Balaban J connectivity index is 2.12. The highest BCUT2D eigenvalue weighted by Gasteiger charge is 2.36. The molecule has 19 heavy (non-hydrogen) atoms. The fourth-order valence-corrected chi connectivity index (χ4v) is 2.28. The predicted molar refractivity (Wildman–Crippen MR) is 78.7 cm³/mol. The monoisotopic (exact) mass is 264 g/mol. The summed E-state index contributed by atoms with van der Waals surface area (Å²) in [7, 11) is 0. The highest BCUT2D eigenvalue weighted by Crippen LogP contribution is 2.32. The van der Waals surface area contributed by atoms with E-state index in [1.54, 1.807) is 0 Å². The molecule has 1 saturated heterocycles. The Morgan fingerprint density at radius 1 is 1.53 bits per heavy atom. The van der Waals surface area contributed by atoms with Gasteiger partial charge in [0.25, 0.3) is 0 Å². The molecule has 1 aliphatic heterocycles. The third kappa shape index (κ3) is 3.13. The summed E-state index contributed by atoms with van der Waals surface area (Å²) in [5.41, 5.74) is 7.60. The summed E-state index contributed by atoms with van der Waals surface area (Å²) in [6.07, 6.45) is 2.17. The van der Waals surface area contributed by atoms with Gasteiger partial charge in [-0.25, -0.2) is 0 Å². The van der Waals surface area contributed by atoms with Gasteiger partial charge in [0.1, 0.15) is 5.75 Å². The van der Waals surface area contributed by atoms with Crippen molar-refractivity contribution in [2.24, 2.45) is 0 Å². The Bertz CT molecular complexity index is 436. The standard InChI is InChI=1S/C15H24N2O2/c1-4-8-19-14-10-12(5-6-13(14)16)17-15(3)7-9-18-11(15)2/h5-6,10-11,17H,4,7-9,16H2,1-3H3. The normalized spacial score (nSPS) is 26.4. The summed E-state index contributed by atoms with van der Waals surface area (Å²) >= 11 is 0. The van der Waals surface area contributed by atoms with Crippen molar-refractivity contribution >= 4 is 11.4 Å². The molecule has 3 N–H and O–H groups in total. The van der Waals surface area contributed by atoms with Crippen LogP contribution in [-0.4, -0.2) is 24.9 Å². The van der Waals surface area contributed by atoms with Crippen molar-refractivity contribution in [2.45, 2.75) is 45.3 Å². The Kier molecular flexibility index (Phi) is 4.20. The number of hydrogen-bond donors (Lipinski definition) is 2. The molecule has 1 aliphatic rings. The molecule has 4 heteroatoms. The second kappa shape index (κ2) is 5.70. The van der Waals surface area contributed by atoms with Crippen molar-refractivity contribution in [3.8, 4) is 5.75 Å². The fourth-order valence-electron chi connectivity index (χ4n) is 2.28. The molecule has 0 spiro atoms. The number of ether oxygens (including phenoxy) is 2. The van der Waals surface area contributed by atoms with Gasteiger partial charge in [-0.15, -0.1) is 0 Å². The van der Waals surface area contributed by atoms with Crippen LogP contribution in [0.25, 0.3) is 0 Å². The van der Waals surface area contributed by atoms with Gasteiger partial charge in [-0.2, -0.15) is 0 Å². The van der Waals surface area contributed by atoms with Gasteiger partial charge in [-0.1, -0.05) is 6.92 Å². The second-order valence-corrected chi connectivity index (χ2v) is 5.41. The third-order valence-corrected chi connectivity index (χ3v) is 3.79. The van der Waals surface area contributed by atoms with Crippen LogP contribution in [0.3, 0.4) is 0 Å². The average molecular weight is 264 g/mol. The molecule has 0 amide bonds. The molecule has 0 aliphatic carbocycles. The van der Waals surface area contributed by atoms with E-state index < -0.39 is 0 Å². The average Bonchev–Trinajstić information content (AvgIpc) is 2.70. The number of hydrogen-bond acceptors (Lipinski definition) is 4. The molecule has 0 radical (unpaired) electrons. The maximum Gasteiger partial charge on any atom is 0.144 e. The van der Waals surface area contributed by atoms with Gasteiger partial charge in [-0.05, 0) is 38.8 Å². The fraction of sp³-hybridized carbons (Fsp3) is 0.600. The van der Waals surface area contributed by atoms with Crippen LogP contribution in [0.5, 0.6) is 5.75 Å². The minimum absolute atomic E-state index is 0.0296. The first-order valence-electron chi connectivity index (χ1n) is 6.97. The maximum atomic E-state index is 5.92. The van der Waals surface area contributed by atoms with Crippen molar-refractivity contribution in [3.05, 3.63) is 18.2 Å². The molecule has 1 aromatic carbocycles. The zero-order chi connectivity index (χ0) is 13.9. The van der Waals surface area contributed by atoms with Gasteiger partial charge in [0.2, 0.25) is 0 Å². The van der Waals surface area contributed by atoms with E-state index in [9.17, 15) is 0 Å². The van der Waals surface area contributed by atoms with Crippen LogP contribution in [0.1, 0.15) is 33.6 Å². The van der Waals surface area contributed by atoms with Crippen LogP contribution in [0.4, 0.5) is 11.4 Å². The highest BCUT2D eigenvalue weighted by molar-refractivity contribution is 5.62. The lowest BCUT2D eigenvalue weighted by Gasteiger charge is -2.30. The quantitative estimate of drug-likeness (QED) is 0.803. The smallest absolute Gasteiger partial charge is 0.144 e. The second-order valence-electron chi connectivity index (χ2n) is 5.41. The molecular formula is C15H24N2O2. The van der Waals surface area contributed by atoms with E-state index in [4.69, 9.17) is 15.2 Å². The summed E-state index contributed by atoms with van der Waals surface area (Å²) in [4.78, 5) is 0. The van der Waals surface area contributed by atoms with E-state index in [1.807, 2.05) is 18.2 Å². The van der Waals surface area contributed by atoms with Crippen molar-refractivity contribution in [2.75, 3.05) is 24.3 Å². The van der Waals surface area contributed by atoms with Crippen molar-refractivity contribution in [1.82, 2.24) is 0 Å². The Morgan fingerprint density at radius 3 is 2.95 bits per heavy atom. The summed E-state index contributed by atoms with van der Waals surface area (Å²) in [6.45, 7) is 7.86. The third-order valence-electron chi connectivity index (χ3n) is 3.79. The van der Waals surface area contributed by atoms with E-state index in [2.05, 4.69) is 26.1 Å². The van der Waals surface area contributed by atoms with Gasteiger partial charge in [0.15, 0.2) is 0 Å². The maximum absolute atomic E-state index is 5.92. The lowest BCUT2D eigenvalue weighted by molar-refractivity contribution is 0.105. The van der Waals surface area contributed by atoms with Crippen LogP contribution in [0, 0.1) is 0 Å². The largest absolute Gasteiger partial charge is 0.491 e. The van der Waals surface area contributed by atoms with E-state index in [0.717, 1.165) is 30.9 Å². The van der Waals surface area contributed by atoms with Crippen molar-refractivity contribution in [1.29, 1.82) is 0 Å². The lowest BCUT2D eigenvalue weighted by atomic mass is 9.94. The van der Waals surface area contributed by atoms with Gasteiger partial charge >= 0.3 is 0 Å². The van der Waals surface area contributed by atoms with Gasteiger partial charge < -0.3 is 20.5 Å². The van der Waals surface area contributed by atoms with E-state index >= 15 is 0 Å². The van der Waals surface area contributed by atoms with Crippen LogP contribution in [-0.2, 0) is 4.74 Å². The Hall–Kier alpha value is -1.42. The summed E-state index contributed by atoms with van der Waals surface area (Å²) < 4.78 is 11.3. The molecule has 1 fully saturated rings.